The van der Waals surface area contributed by atoms with Gasteiger partial charge >= 0.3 is 5.69 Å². The Morgan fingerprint density at radius 1 is 1.30 bits per heavy atom. The molecule has 0 aromatic heterocycles. The molecule has 1 fully saturated rings. The third-order valence-electron chi connectivity index (χ3n) is 4.27. The van der Waals surface area contributed by atoms with Crippen molar-refractivity contribution >= 4 is 24.2 Å². The number of hydrogen-bond acceptors (Lipinski definition) is 5. The predicted molar refractivity (Wildman–Crippen MR) is 90.5 cm³/mol. The summed E-state index contributed by atoms with van der Waals surface area (Å²) in [5, 5.41) is 11.3. The quantitative estimate of drug-likeness (QED) is 0.623. The SMILES string of the molecule is COc1ccc2c(c1[N+](=O)[O-])CCC(CN1CCOCC1)=C2.Cl. The van der Waals surface area contributed by atoms with Gasteiger partial charge in [0.25, 0.3) is 0 Å². The second-order valence-electron chi connectivity index (χ2n) is 5.63. The van der Waals surface area contributed by atoms with Crippen LogP contribution in [0.1, 0.15) is 17.5 Å². The number of ether oxygens (including phenoxy) is 2. The van der Waals surface area contributed by atoms with E-state index >= 15 is 0 Å². The molecule has 1 aromatic rings. The number of methoxy groups -OCH3 is 1. The van der Waals surface area contributed by atoms with Crippen LogP contribution in [0.5, 0.6) is 5.75 Å². The number of hydrogen-bond donors (Lipinski definition) is 0. The fourth-order valence-corrected chi connectivity index (χ4v) is 3.14. The van der Waals surface area contributed by atoms with E-state index in [2.05, 4.69) is 11.0 Å². The summed E-state index contributed by atoms with van der Waals surface area (Å²) in [6.45, 7) is 4.39. The van der Waals surface area contributed by atoms with Crippen molar-refractivity contribution in [3.8, 4) is 5.75 Å². The molecule has 0 atom stereocenters. The Hall–Kier alpha value is -1.63. The van der Waals surface area contributed by atoms with E-state index in [9.17, 15) is 10.1 Å². The molecule has 0 spiro atoms. The van der Waals surface area contributed by atoms with Crippen LogP contribution < -0.4 is 4.74 Å². The first kappa shape index (κ1) is 17.7. The number of halogens is 1. The minimum absolute atomic E-state index is 0. The molecule has 0 unspecified atom stereocenters. The van der Waals surface area contributed by atoms with Gasteiger partial charge in [0.05, 0.1) is 25.2 Å². The number of rotatable bonds is 4. The number of nitrogens with zero attached hydrogens (tertiary/aromatic N) is 2. The van der Waals surface area contributed by atoms with Crippen LogP contribution in [-0.2, 0) is 11.2 Å². The lowest BCUT2D eigenvalue weighted by Gasteiger charge is -2.28. The first-order valence-corrected chi connectivity index (χ1v) is 7.53. The van der Waals surface area contributed by atoms with E-state index in [1.54, 1.807) is 6.07 Å². The average Bonchev–Trinajstić information content (AvgIpc) is 2.54. The first-order chi connectivity index (χ1) is 10.7. The minimum Gasteiger partial charge on any atom is -0.490 e. The highest BCUT2D eigenvalue weighted by molar-refractivity contribution is 5.85. The van der Waals surface area contributed by atoms with Gasteiger partial charge in [-0.25, -0.2) is 0 Å². The van der Waals surface area contributed by atoms with Crippen molar-refractivity contribution in [2.45, 2.75) is 12.8 Å². The average molecular weight is 341 g/mol. The zero-order chi connectivity index (χ0) is 15.5. The molecule has 3 rings (SSSR count). The summed E-state index contributed by atoms with van der Waals surface area (Å²) in [6, 6.07) is 3.60. The second-order valence-corrected chi connectivity index (χ2v) is 5.63. The standard InChI is InChI=1S/C16H20N2O4.ClH/c1-21-15-5-3-13-10-12(11-17-6-8-22-9-7-17)2-4-14(13)16(15)18(19)20;/h3,5,10H,2,4,6-9,11H2,1H3;1H. The summed E-state index contributed by atoms with van der Waals surface area (Å²) < 4.78 is 10.5. The zero-order valence-electron chi connectivity index (χ0n) is 13.1. The van der Waals surface area contributed by atoms with Crippen LogP contribution in [0.4, 0.5) is 5.69 Å². The normalized spacial score (nSPS) is 17.7. The maximum Gasteiger partial charge on any atom is 0.314 e. The first-order valence-electron chi connectivity index (χ1n) is 7.53. The Bertz CT molecular complexity index is 612. The largest absolute Gasteiger partial charge is 0.490 e. The van der Waals surface area contributed by atoms with Crippen molar-refractivity contribution < 1.29 is 14.4 Å². The highest BCUT2D eigenvalue weighted by Gasteiger charge is 2.26. The van der Waals surface area contributed by atoms with Gasteiger partial charge in [-0.05, 0) is 24.5 Å². The summed E-state index contributed by atoms with van der Waals surface area (Å²) in [6.07, 6.45) is 3.65. The summed E-state index contributed by atoms with van der Waals surface area (Å²) >= 11 is 0. The van der Waals surface area contributed by atoms with Crippen LogP contribution in [0.3, 0.4) is 0 Å². The minimum atomic E-state index is -0.335. The number of nitro benzene ring substituents is 1. The molecule has 2 aliphatic rings. The van der Waals surface area contributed by atoms with Crippen molar-refractivity contribution in [2.75, 3.05) is 40.0 Å². The smallest absolute Gasteiger partial charge is 0.314 e. The third kappa shape index (κ3) is 3.83. The van der Waals surface area contributed by atoms with Gasteiger partial charge in [-0.15, -0.1) is 12.4 Å². The van der Waals surface area contributed by atoms with Crippen molar-refractivity contribution in [3.05, 3.63) is 38.9 Å². The van der Waals surface area contributed by atoms with Crippen molar-refractivity contribution in [1.82, 2.24) is 4.90 Å². The number of nitro groups is 1. The summed E-state index contributed by atoms with van der Waals surface area (Å²) in [5.41, 5.74) is 3.17. The van der Waals surface area contributed by atoms with E-state index in [-0.39, 0.29) is 23.0 Å². The summed E-state index contributed by atoms with van der Waals surface area (Å²) in [7, 11) is 1.47. The Labute approximate surface area is 141 Å². The van der Waals surface area contributed by atoms with Crippen LogP contribution in [0.15, 0.2) is 17.7 Å². The van der Waals surface area contributed by atoms with Gasteiger partial charge in [-0.3, -0.25) is 15.0 Å². The van der Waals surface area contributed by atoms with E-state index in [0.717, 1.165) is 50.4 Å². The molecule has 6 nitrogen and oxygen atoms in total. The lowest BCUT2D eigenvalue weighted by molar-refractivity contribution is -0.386. The van der Waals surface area contributed by atoms with Gasteiger partial charge in [-0.2, -0.15) is 0 Å². The molecule has 0 saturated carbocycles. The lowest BCUT2D eigenvalue weighted by Crippen LogP contribution is -2.37. The topological polar surface area (TPSA) is 64.8 Å². The van der Waals surface area contributed by atoms with E-state index in [1.165, 1.54) is 12.7 Å². The van der Waals surface area contributed by atoms with Gasteiger partial charge in [0, 0.05) is 25.2 Å². The zero-order valence-corrected chi connectivity index (χ0v) is 13.9. The Morgan fingerprint density at radius 3 is 2.70 bits per heavy atom. The van der Waals surface area contributed by atoms with Crippen LogP contribution in [0, 0.1) is 10.1 Å². The van der Waals surface area contributed by atoms with Gasteiger partial charge < -0.3 is 9.47 Å². The molecule has 1 heterocycles. The van der Waals surface area contributed by atoms with Crippen LogP contribution in [-0.4, -0.2) is 49.8 Å². The molecule has 0 radical (unpaired) electrons. The van der Waals surface area contributed by atoms with E-state index < -0.39 is 0 Å². The van der Waals surface area contributed by atoms with E-state index in [0.29, 0.717) is 12.2 Å². The molecule has 7 heteroatoms. The van der Waals surface area contributed by atoms with Gasteiger partial charge in [0.2, 0.25) is 0 Å². The van der Waals surface area contributed by atoms with Crippen LogP contribution >= 0.6 is 12.4 Å². The fraction of sp³-hybridized carbons (Fsp3) is 0.500. The van der Waals surface area contributed by atoms with Gasteiger partial charge in [-0.1, -0.05) is 17.7 Å². The number of benzene rings is 1. The molecule has 1 saturated heterocycles. The molecule has 0 N–H and O–H groups in total. The highest BCUT2D eigenvalue weighted by Crippen LogP contribution is 2.37. The Morgan fingerprint density at radius 2 is 2.04 bits per heavy atom. The van der Waals surface area contributed by atoms with Gasteiger partial charge in [0.15, 0.2) is 5.75 Å². The van der Waals surface area contributed by atoms with Gasteiger partial charge in [0.1, 0.15) is 0 Å². The number of fused-ring (bicyclic) bond motifs is 1. The second kappa shape index (κ2) is 7.77. The molecule has 1 aliphatic carbocycles. The monoisotopic (exact) mass is 340 g/mol. The maximum atomic E-state index is 11.3. The predicted octanol–water partition coefficient (Wildman–Crippen LogP) is 2.69. The molecule has 23 heavy (non-hydrogen) atoms. The van der Waals surface area contributed by atoms with E-state index in [4.69, 9.17) is 9.47 Å². The number of morpholine rings is 1. The maximum absolute atomic E-state index is 11.3. The molecular formula is C16H21ClN2O4. The molecule has 0 bridgehead atoms. The summed E-state index contributed by atoms with van der Waals surface area (Å²) in [5.74, 6) is 0.341. The van der Waals surface area contributed by atoms with Crippen molar-refractivity contribution in [1.29, 1.82) is 0 Å². The Balaban J connectivity index is 0.00000192. The van der Waals surface area contributed by atoms with Crippen LogP contribution in [0.2, 0.25) is 0 Å². The molecule has 1 aromatic carbocycles. The summed E-state index contributed by atoms with van der Waals surface area (Å²) in [4.78, 5) is 13.4. The molecule has 126 valence electrons. The van der Waals surface area contributed by atoms with Crippen molar-refractivity contribution in [3.63, 3.8) is 0 Å². The van der Waals surface area contributed by atoms with Crippen LogP contribution in [0.25, 0.3) is 6.08 Å². The lowest BCUT2D eigenvalue weighted by atomic mass is 9.90. The van der Waals surface area contributed by atoms with Crippen molar-refractivity contribution in [2.24, 2.45) is 0 Å². The fourth-order valence-electron chi connectivity index (χ4n) is 3.14. The molecule has 1 aliphatic heterocycles. The molecule has 0 amide bonds. The Kier molecular flexibility index (Phi) is 5.98. The third-order valence-corrected chi connectivity index (χ3v) is 4.27. The van der Waals surface area contributed by atoms with E-state index in [1.807, 2.05) is 6.07 Å². The molecular weight excluding hydrogens is 320 g/mol. The highest BCUT2D eigenvalue weighted by atomic mass is 35.5.